The monoisotopic (exact) mass is 312 g/mol. The van der Waals surface area contributed by atoms with Crippen molar-refractivity contribution in [3.8, 4) is 0 Å². The molecule has 0 radical (unpaired) electrons. The second kappa shape index (κ2) is 6.36. The lowest BCUT2D eigenvalue weighted by Gasteiger charge is -2.40. The highest BCUT2D eigenvalue weighted by Gasteiger charge is 2.40. The first-order valence-corrected chi connectivity index (χ1v) is 8.47. The van der Waals surface area contributed by atoms with Crippen LogP contribution >= 0.6 is 0 Å². The molecule has 1 saturated heterocycles. The molecule has 2 N–H and O–H groups in total. The summed E-state index contributed by atoms with van der Waals surface area (Å²) >= 11 is 0. The van der Waals surface area contributed by atoms with Crippen LogP contribution in [0.15, 0.2) is 0 Å². The van der Waals surface area contributed by atoms with Gasteiger partial charge in [0, 0.05) is 18.6 Å². The Morgan fingerprint density at radius 2 is 2.00 bits per heavy atom. The van der Waals surface area contributed by atoms with Gasteiger partial charge in [0.05, 0.1) is 6.10 Å². The number of carbonyl (C=O) groups is 1. The number of nitrogens with zero attached hydrogens (tertiary/aromatic N) is 1. The van der Waals surface area contributed by atoms with Gasteiger partial charge in [-0.1, -0.05) is 13.8 Å². The number of hydrogen-bond donors (Lipinski definition) is 2. The molecule has 22 heavy (non-hydrogen) atoms. The zero-order chi connectivity index (χ0) is 16.5. The number of carbonyl (C=O) groups excluding carboxylic acids is 1. The Kier molecular flexibility index (Phi) is 5.07. The van der Waals surface area contributed by atoms with Crippen LogP contribution in [0, 0.1) is 5.41 Å². The van der Waals surface area contributed by atoms with E-state index in [1.807, 2.05) is 20.8 Å². The summed E-state index contributed by atoms with van der Waals surface area (Å²) in [6, 6.07) is 0.269. The quantitative estimate of drug-likeness (QED) is 0.822. The highest BCUT2D eigenvalue weighted by atomic mass is 16.6. The standard InChI is InChI=1S/C17H32N2O3/c1-16(2,3)22-15(21)18-13-7-6-12(20)10-14(13)19-9-8-17(4,5)11-19/h12-14,20H,6-11H2,1-5H3,(H,18,21). The van der Waals surface area contributed by atoms with Gasteiger partial charge in [-0.15, -0.1) is 0 Å². The third-order valence-electron chi connectivity index (χ3n) is 4.67. The molecule has 0 spiro atoms. The fourth-order valence-electron chi connectivity index (χ4n) is 3.59. The number of hydrogen-bond acceptors (Lipinski definition) is 4. The maximum atomic E-state index is 12.1. The van der Waals surface area contributed by atoms with Crippen molar-refractivity contribution in [2.24, 2.45) is 5.41 Å². The van der Waals surface area contributed by atoms with Gasteiger partial charge in [-0.2, -0.15) is 0 Å². The molecule has 1 heterocycles. The fraction of sp³-hybridized carbons (Fsp3) is 0.941. The predicted octanol–water partition coefficient (Wildman–Crippen LogP) is 2.53. The van der Waals surface area contributed by atoms with Gasteiger partial charge in [-0.25, -0.2) is 4.79 Å². The maximum absolute atomic E-state index is 12.1. The lowest BCUT2D eigenvalue weighted by atomic mass is 9.87. The van der Waals surface area contributed by atoms with E-state index in [4.69, 9.17) is 4.74 Å². The average molecular weight is 312 g/mol. The van der Waals surface area contributed by atoms with E-state index in [0.29, 0.717) is 5.41 Å². The van der Waals surface area contributed by atoms with Gasteiger partial charge in [0.15, 0.2) is 0 Å². The van der Waals surface area contributed by atoms with Gasteiger partial charge in [0.1, 0.15) is 5.60 Å². The summed E-state index contributed by atoms with van der Waals surface area (Å²) < 4.78 is 5.39. The predicted molar refractivity (Wildman–Crippen MR) is 86.8 cm³/mol. The van der Waals surface area contributed by atoms with Crippen LogP contribution in [-0.2, 0) is 4.74 Å². The Labute approximate surface area is 134 Å². The van der Waals surface area contributed by atoms with Crippen LogP contribution in [0.5, 0.6) is 0 Å². The van der Waals surface area contributed by atoms with E-state index in [2.05, 4.69) is 24.1 Å². The Hall–Kier alpha value is -0.810. The molecule has 128 valence electrons. The summed E-state index contributed by atoms with van der Waals surface area (Å²) in [6.45, 7) is 12.2. The molecule has 0 bridgehead atoms. The van der Waals surface area contributed by atoms with Crippen molar-refractivity contribution < 1.29 is 14.6 Å². The van der Waals surface area contributed by atoms with Crippen molar-refractivity contribution in [1.29, 1.82) is 0 Å². The minimum Gasteiger partial charge on any atom is -0.444 e. The van der Waals surface area contributed by atoms with Crippen molar-refractivity contribution in [1.82, 2.24) is 10.2 Å². The lowest BCUT2D eigenvalue weighted by molar-refractivity contribution is 0.0264. The first-order valence-electron chi connectivity index (χ1n) is 8.47. The average Bonchev–Trinajstić information content (AvgIpc) is 2.69. The van der Waals surface area contributed by atoms with Crippen molar-refractivity contribution in [2.75, 3.05) is 13.1 Å². The normalized spacial score (nSPS) is 32.7. The zero-order valence-corrected chi connectivity index (χ0v) is 14.7. The van der Waals surface area contributed by atoms with Crippen molar-refractivity contribution >= 4 is 6.09 Å². The number of rotatable bonds is 2. The molecule has 0 aromatic rings. The van der Waals surface area contributed by atoms with Gasteiger partial charge in [-0.3, -0.25) is 4.90 Å². The molecular formula is C17H32N2O3. The van der Waals surface area contributed by atoms with Crippen molar-refractivity contribution in [3.63, 3.8) is 0 Å². The summed E-state index contributed by atoms with van der Waals surface area (Å²) in [7, 11) is 0. The minimum absolute atomic E-state index is 0.0622. The maximum Gasteiger partial charge on any atom is 0.407 e. The minimum atomic E-state index is -0.483. The summed E-state index contributed by atoms with van der Waals surface area (Å²) in [5.74, 6) is 0. The first-order chi connectivity index (χ1) is 10.1. The topological polar surface area (TPSA) is 61.8 Å². The van der Waals surface area contributed by atoms with Gasteiger partial charge in [0.25, 0.3) is 0 Å². The molecule has 2 aliphatic rings. The van der Waals surface area contributed by atoms with E-state index in [9.17, 15) is 9.90 Å². The number of ether oxygens (including phenoxy) is 1. The summed E-state index contributed by atoms with van der Waals surface area (Å²) in [5, 5.41) is 13.1. The molecule has 1 saturated carbocycles. The van der Waals surface area contributed by atoms with Crippen LogP contribution in [0.25, 0.3) is 0 Å². The summed E-state index contributed by atoms with van der Waals surface area (Å²) in [4.78, 5) is 14.5. The first kappa shape index (κ1) is 17.5. The van der Waals surface area contributed by atoms with Crippen LogP contribution < -0.4 is 5.32 Å². The second-order valence-electron chi connectivity index (χ2n) is 8.67. The molecule has 2 fully saturated rings. The smallest absolute Gasteiger partial charge is 0.407 e. The highest BCUT2D eigenvalue weighted by Crippen LogP contribution is 2.34. The van der Waals surface area contributed by atoms with Gasteiger partial charge < -0.3 is 15.2 Å². The van der Waals surface area contributed by atoms with E-state index in [-0.39, 0.29) is 24.3 Å². The largest absolute Gasteiger partial charge is 0.444 e. The molecule has 1 amide bonds. The molecule has 3 unspecified atom stereocenters. The van der Waals surface area contributed by atoms with Crippen LogP contribution in [0.3, 0.4) is 0 Å². The molecular weight excluding hydrogens is 280 g/mol. The number of aliphatic hydroxyl groups is 1. The molecule has 1 aliphatic heterocycles. The highest BCUT2D eigenvalue weighted by molar-refractivity contribution is 5.68. The van der Waals surface area contributed by atoms with Crippen LogP contribution in [0.2, 0.25) is 0 Å². The van der Waals surface area contributed by atoms with Crippen molar-refractivity contribution in [3.05, 3.63) is 0 Å². The summed E-state index contributed by atoms with van der Waals surface area (Å²) in [5.41, 5.74) is -0.164. The summed E-state index contributed by atoms with van der Waals surface area (Å²) in [6.07, 6.45) is 2.84. The molecule has 5 nitrogen and oxygen atoms in total. The fourth-order valence-corrected chi connectivity index (χ4v) is 3.59. The van der Waals surface area contributed by atoms with Crippen LogP contribution in [0.1, 0.15) is 60.3 Å². The molecule has 3 atom stereocenters. The van der Waals surface area contributed by atoms with Crippen LogP contribution in [-0.4, -0.2) is 53.0 Å². The van der Waals surface area contributed by atoms with E-state index >= 15 is 0 Å². The Morgan fingerprint density at radius 3 is 2.55 bits per heavy atom. The number of alkyl carbamates (subject to hydrolysis) is 1. The van der Waals surface area contributed by atoms with E-state index in [1.165, 1.54) is 6.42 Å². The third kappa shape index (κ3) is 4.85. The number of aliphatic hydroxyl groups excluding tert-OH is 1. The lowest BCUT2D eigenvalue weighted by Crippen LogP contribution is -2.55. The number of amides is 1. The molecule has 0 aromatic carbocycles. The number of nitrogens with one attached hydrogen (secondary N) is 1. The van der Waals surface area contributed by atoms with Gasteiger partial charge >= 0.3 is 6.09 Å². The molecule has 0 aromatic heterocycles. The van der Waals surface area contributed by atoms with E-state index < -0.39 is 5.60 Å². The second-order valence-corrected chi connectivity index (χ2v) is 8.67. The molecule has 5 heteroatoms. The SMILES string of the molecule is CC1(C)CCN(C2CC(O)CCC2NC(=O)OC(C)(C)C)C1. The van der Waals surface area contributed by atoms with Gasteiger partial charge in [-0.05, 0) is 58.4 Å². The third-order valence-corrected chi connectivity index (χ3v) is 4.67. The van der Waals surface area contributed by atoms with Gasteiger partial charge in [0.2, 0.25) is 0 Å². The van der Waals surface area contributed by atoms with Crippen molar-refractivity contribution in [2.45, 2.75) is 84.1 Å². The van der Waals surface area contributed by atoms with E-state index in [0.717, 1.165) is 32.4 Å². The zero-order valence-electron chi connectivity index (χ0n) is 14.7. The van der Waals surface area contributed by atoms with E-state index in [1.54, 1.807) is 0 Å². The Morgan fingerprint density at radius 1 is 1.32 bits per heavy atom. The van der Waals surface area contributed by atoms with Crippen LogP contribution in [0.4, 0.5) is 4.79 Å². The molecule has 1 aliphatic carbocycles. The molecule has 2 rings (SSSR count). The Bertz CT molecular complexity index is 403. The Balaban J connectivity index is 1.99. The number of likely N-dealkylation sites (tertiary alicyclic amines) is 1.